The molecule has 1 aromatic heterocycles. The molecule has 0 saturated carbocycles. The van der Waals surface area contributed by atoms with Crippen LogP contribution in [0.15, 0.2) is 30.3 Å². The minimum atomic E-state index is 0.361. The third kappa shape index (κ3) is 8.14. The van der Waals surface area contributed by atoms with Gasteiger partial charge in [-0.2, -0.15) is 0 Å². The standard InChI is InChI=1S/C30H48N2O3S.C7H6/c1-9-10-25-22(2)23(3)36-27(25)13-14-30(4,5)15-16-31-17-19-32(20-18-31)21-24-11-12-26(33-6)29(35-8)28(24)34-7;1-5-4-6-2-3-7(5)6/h11-12H,9-10,13-21H2,1-8H3;2-4H,1H3. The molecular weight excluding hydrogens is 552 g/mol. The van der Waals surface area contributed by atoms with E-state index < -0.39 is 0 Å². The second kappa shape index (κ2) is 15.0. The van der Waals surface area contributed by atoms with Crippen molar-refractivity contribution in [2.75, 3.05) is 54.1 Å². The second-order valence-electron chi connectivity index (χ2n) is 13.0. The number of benzene rings is 2. The van der Waals surface area contributed by atoms with Gasteiger partial charge >= 0.3 is 0 Å². The highest BCUT2D eigenvalue weighted by molar-refractivity contribution is 7.12. The van der Waals surface area contributed by atoms with Crippen LogP contribution >= 0.6 is 11.3 Å². The van der Waals surface area contributed by atoms with E-state index in [-0.39, 0.29) is 0 Å². The second-order valence-corrected chi connectivity index (χ2v) is 14.3. The van der Waals surface area contributed by atoms with Crippen molar-refractivity contribution in [1.82, 2.24) is 9.80 Å². The lowest BCUT2D eigenvalue weighted by Crippen LogP contribution is -2.46. The van der Waals surface area contributed by atoms with Crippen molar-refractivity contribution < 1.29 is 14.2 Å². The van der Waals surface area contributed by atoms with Gasteiger partial charge in [0, 0.05) is 48.0 Å². The van der Waals surface area contributed by atoms with Crippen LogP contribution in [0.5, 0.6) is 17.2 Å². The van der Waals surface area contributed by atoms with Crippen LogP contribution in [0.4, 0.5) is 0 Å². The molecule has 5 nitrogen and oxygen atoms in total. The molecule has 2 aliphatic carbocycles. The van der Waals surface area contributed by atoms with Crippen LogP contribution < -0.4 is 14.2 Å². The average Bonchev–Trinajstić information content (AvgIpc) is 3.26. The largest absolute Gasteiger partial charge is 0.493 e. The smallest absolute Gasteiger partial charge is 0.203 e. The van der Waals surface area contributed by atoms with Crippen LogP contribution in [0.3, 0.4) is 0 Å². The maximum absolute atomic E-state index is 5.69. The summed E-state index contributed by atoms with van der Waals surface area (Å²) in [5, 5.41) is 2.91. The predicted octanol–water partition coefficient (Wildman–Crippen LogP) is 8.11. The van der Waals surface area contributed by atoms with Crippen LogP contribution in [0.25, 0.3) is 0 Å². The minimum Gasteiger partial charge on any atom is -0.493 e. The zero-order chi connectivity index (χ0) is 31.1. The number of aryl methyl sites for hydroxylation is 3. The normalized spacial score (nSPS) is 14.7. The lowest BCUT2D eigenvalue weighted by Gasteiger charge is -2.36. The topological polar surface area (TPSA) is 34.2 Å². The first-order valence-corrected chi connectivity index (χ1v) is 16.8. The Morgan fingerprint density at radius 3 is 2.02 bits per heavy atom. The van der Waals surface area contributed by atoms with Crippen molar-refractivity contribution in [3.63, 3.8) is 0 Å². The van der Waals surface area contributed by atoms with Gasteiger partial charge in [0.25, 0.3) is 0 Å². The molecule has 0 unspecified atom stereocenters. The first-order chi connectivity index (χ1) is 20.6. The Morgan fingerprint density at radius 1 is 0.814 bits per heavy atom. The molecule has 2 heterocycles. The molecule has 1 aliphatic heterocycles. The van der Waals surface area contributed by atoms with E-state index in [1.54, 1.807) is 37.3 Å². The number of nitrogens with zero attached hydrogens (tertiary/aromatic N) is 2. The quantitative estimate of drug-likeness (QED) is 0.154. The maximum Gasteiger partial charge on any atom is 0.203 e. The van der Waals surface area contributed by atoms with Crippen molar-refractivity contribution in [1.29, 1.82) is 0 Å². The average molecular weight is 607 g/mol. The first-order valence-electron chi connectivity index (χ1n) is 16.0. The number of methoxy groups -OCH3 is 3. The molecule has 1 aromatic carbocycles. The van der Waals surface area contributed by atoms with Gasteiger partial charge in [0.2, 0.25) is 5.75 Å². The summed E-state index contributed by atoms with van der Waals surface area (Å²) in [6, 6.07) is 10.6. The summed E-state index contributed by atoms with van der Waals surface area (Å²) in [6.07, 6.45) is 6.21. The molecule has 1 saturated heterocycles. The molecule has 6 heteroatoms. The number of ether oxygens (including phenoxy) is 3. The number of piperazine rings is 1. The summed E-state index contributed by atoms with van der Waals surface area (Å²) in [6.45, 7) is 20.4. The third-order valence-electron chi connectivity index (χ3n) is 9.41. The number of hydrogen-bond donors (Lipinski definition) is 0. The molecule has 236 valence electrons. The fourth-order valence-corrected chi connectivity index (χ4v) is 7.47. The molecular formula is C37H54N2O3S. The molecule has 2 aromatic rings. The fraction of sp³-hybridized carbons (Fsp3) is 0.568. The summed E-state index contributed by atoms with van der Waals surface area (Å²) in [4.78, 5) is 8.31. The molecule has 0 spiro atoms. The first kappa shape index (κ1) is 33.4. The molecule has 0 atom stereocenters. The number of hydrogen-bond acceptors (Lipinski definition) is 6. The molecule has 0 radical (unpaired) electrons. The number of rotatable bonds is 13. The Bertz CT molecular complexity index is 1450. The Kier molecular flexibility index (Phi) is 11.6. The van der Waals surface area contributed by atoms with Gasteiger partial charge in [-0.3, -0.25) is 4.90 Å². The molecule has 0 amide bonds. The molecule has 0 bridgehead atoms. The van der Waals surface area contributed by atoms with E-state index in [0.29, 0.717) is 16.9 Å². The molecule has 0 N–H and O–H groups in total. The van der Waals surface area contributed by atoms with E-state index in [0.717, 1.165) is 44.0 Å². The predicted molar refractivity (Wildman–Crippen MR) is 181 cm³/mol. The summed E-state index contributed by atoms with van der Waals surface area (Å²) in [5.41, 5.74) is 6.12. The van der Waals surface area contributed by atoms with E-state index >= 15 is 0 Å². The molecule has 3 aliphatic rings. The fourth-order valence-electron chi connectivity index (χ4n) is 6.24. The van der Waals surface area contributed by atoms with Crippen LogP contribution in [-0.4, -0.2) is 63.9 Å². The minimum absolute atomic E-state index is 0.361. The Balaban J connectivity index is 0.000000520. The van der Waals surface area contributed by atoms with E-state index in [1.807, 2.05) is 17.4 Å². The highest BCUT2D eigenvalue weighted by atomic mass is 32.1. The monoisotopic (exact) mass is 606 g/mol. The van der Waals surface area contributed by atoms with E-state index in [4.69, 9.17) is 14.2 Å². The zero-order valence-electron chi connectivity index (χ0n) is 28.2. The Labute approximate surface area is 264 Å². The van der Waals surface area contributed by atoms with Crippen molar-refractivity contribution in [2.24, 2.45) is 5.41 Å². The van der Waals surface area contributed by atoms with E-state index in [1.165, 1.54) is 59.5 Å². The van der Waals surface area contributed by atoms with Gasteiger partial charge in [0.05, 0.1) is 21.3 Å². The van der Waals surface area contributed by atoms with Crippen molar-refractivity contribution in [3.05, 3.63) is 72.8 Å². The Hall–Kier alpha value is -2.54. The number of thiophene rings is 1. The van der Waals surface area contributed by atoms with E-state index in [9.17, 15) is 0 Å². The third-order valence-corrected chi connectivity index (χ3v) is 10.7. The van der Waals surface area contributed by atoms with Gasteiger partial charge < -0.3 is 19.1 Å². The summed E-state index contributed by atoms with van der Waals surface area (Å²) in [7, 11) is 5.02. The van der Waals surface area contributed by atoms with Crippen LogP contribution in [-0.2, 0) is 19.4 Å². The lowest BCUT2D eigenvalue weighted by atomic mass is 9.83. The summed E-state index contributed by atoms with van der Waals surface area (Å²) < 4.78 is 16.7. The highest BCUT2D eigenvalue weighted by Gasteiger charge is 2.24. The summed E-state index contributed by atoms with van der Waals surface area (Å²) in [5.74, 6) is 2.16. The molecule has 1 fully saturated rings. The SMILES string of the molecule is CCCc1c(CCC(C)(C)CCN2CCN(Cc3ccc(OC)c(OC)c3OC)CC2)sc(C)c1C.Cc1cc2ccc1=2. The van der Waals surface area contributed by atoms with Crippen LogP contribution in [0.1, 0.15) is 72.0 Å². The van der Waals surface area contributed by atoms with Crippen molar-refractivity contribution in [3.8, 4) is 17.2 Å². The van der Waals surface area contributed by atoms with Crippen LogP contribution in [0.2, 0.25) is 0 Å². The maximum atomic E-state index is 5.69. The van der Waals surface area contributed by atoms with Gasteiger partial charge in [0.1, 0.15) is 0 Å². The van der Waals surface area contributed by atoms with E-state index in [2.05, 4.69) is 75.6 Å². The molecule has 43 heavy (non-hydrogen) atoms. The summed E-state index contributed by atoms with van der Waals surface area (Å²) >= 11 is 2.04. The lowest BCUT2D eigenvalue weighted by molar-refractivity contribution is 0.112. The van der Waals surface area contributed by atoms with Gasteiger partial charge in [-0.15, -0.1) is 11.3 Å². The van der Waals surface area contributed by atoms with Crippen LogP contribution in [0, 0.1) is 36.6 Å². The van der Waals surface area contributed by atoms with Crippen molar-refractivity contribution >= 4 is 11.3 Å². The van der Waals surface area contributed by atoms with Crippen molar-refractivity contribution in [2.45, 2.75) is 80.2 Å². The highest BCUT2D eigenvalue weighted by Crippen LogP contribution is 2.40. The van der Waals surface area contributed by atoms with Gasteiger partial charge in [-0.25, -0.2) is 0 Å². The molecule has 5 rings (SSSR count). The van der Waals surface area contributed by atoms with Gasteiger partial charge in [0.15, 0.2) is 11.5 Å². The Morgan fingerprint density at radius 2 is 1.51 bits per heavy atom. The van der Waals surface area contributed by atoms with Gasteiger partial charge in [-0.05, 0) is 91.6 Å². The zero-order valence-corrected chi connectivity index (χ0v) is 29.0. The van der Waals surface area contributed by atoms with Gasteiger partial charge in [-0.1, -0.05) is 51.5 Å².